The molecule has 1 unspecified atom stereocenters. The largest absolute Gasteiger partial charge is 0.361 e. The number of ether oxygens (including phenoxy) is 1. The molecule has 0 amide bonds. The summed E-state index contributed by atoms with van der Waals surface area (Å²) in [5.74, 6) is -0.226. The Balaban J connectivity index is 2.11. The van der Waals surface area contributed by atoms with E-state index in [0.717, 1.165) is 15.6 Å². The van der Waals surface area contributed by atoms with E-state index in [2.05, 4.69) is 28.1 Å². The van der Waals surface area contributed by atoms with Gasteiger partial charge in [0.15, 0.2) is 0 Å². The van der Waals surface area contributed by atoms with Gasteiger partial charge in [-0.2, -0.15) is 0 Å². The lowest BCUT2D eigenvalue weighted by molar-refractivity contribution is 0.00967. The third-order valence-corrected chi connectivity index (χ3v) is 3.99. The smallest absolute Gasteiger partial charge is 0.123 e. The van der Waals surface area contributed by atoms with Crippen LogP contribution in [0.1, 0.15) is 23.6 Å². The summed E-state index contributed by atoms with van der Waals surface area (Å²) < 4.78 is 20.0. The van der Waals surface area contributed by atoms with Crippen molar-refractivity contribution in [2.45, 2.75) is 19.1 Å². The van der Waals surface area contributed by atoms with Gasteiger partial charge in [-0.05, 0) is 47.9 Å². The zero-order valence-electron chi connectivity index (χ0n) is 9.91. The molecule has 0 saturated heterocycles. The molecule has 2 aromatic rings. The Morgan fingerprint density at radius 1 is 1.17 bits per heavy atom. The van der Waals surface area contributed by atoms with Gasteiger partial charge in [-0.1, -0.05) is 34.1 Å². The second-order valence-electron chi connectivity index (χ2n) is 4.63. The Morgan fingerprint density at radius 2 is 1.89 bits per heavy atom. The van der Waals surface area contributed by atoms with Crippen LogP contribution >= 0.6 is 15.9 Å². The Hall–Kier alpha value is -1.19. The van der Waals surface area contributed by atoms with Gasteiger partial charge in [-0.15, -0.1) is 0 Å². The molecule has 0 aliphatic carbocycles. The van der Waals surface area contributed by atoms with E-state index >= 15 is 0 Å². The highest BCUT2D eigenvalue weighted by Crippen LogP contribution is 2.42. The highest BCUT2D eigenvalue weighted by Gasteiger charge is 2.37. The third kappa shape index (κ3) is 1.78. The van der Waals surface area contributed by atoms with Gasteiger partial charge in [-0.25, -0.2) is 4.39 Å². The van der Waals surface area contributed by atoms with Crippen LogP contribution in [-0.2, 0) is 16.9 Å². The molecule has 1 heterocycles. The molecule has 18 heavy (non-hydrogen) atoms. The zero-order chi connectivity index (χ0) is 12.8. The minimum absolute atomic E-state index is 0.226. The molecule has 92 valence electrons. The van der Waals surface area contributed by atoms with Gasteiger partial charge < -0.3 is 4.74 Å². The van der Waals surface area contributed by atoms with Crippen molar-refractivity contribution in [2.75, 3.05) is 0 Å². The van der Waals surface area contributed by atoms with Crippen LogP contribution in [0.2, 0.25) is 0 Å². The van der Waals surface area contributed by atoms with Gasteiger partial charge >= 0.3 is 0 Å². The Kier molecular flexibility index (Phi) is 2.76. The van der Waals surface area contributed by atoms with Crippen molar-refractivity contribution < 1.29 is 9.13 Å². The molecule has 0 radical (unpaired) electrons. The summed E-state index contributed by atoms with van der Waals surface area (Å²) in [6, 6.07) is 12.7. The van der Waals surface area contributed by atoms with Gasteiger partial charge in [0.1, 0.15) is 11.4 Å². The topological polar surface area (TPSA) is 9.23 Å². The third-order valence-electron chi connectivity index (χ3n) is 3.49. The first-order valence-electron chi connectivity index (χ1n) is 5.78. The molecular formula is C15H12BrFO. The molecule has 0 spiro atoms. The maximum Gasteiger partial charge on any atom is 0.123 e. The van der Waals surface area contributed by atoms with Crippen molar-refractivity contribution in [3.63, 3.8) is 0 Å². The molecule has 2 aromatic carbocycles. The van der Waals surface area contributed by atoms with Gasteiger partial charge in [0.2, 0.25) is 0 Å². The van der Waals surface area contributed by atoms with E-state index in [-0.39, 0.29) is 5.82 Å². The van der Waals surface area contributed by atoms with Crippen molar-refractivity contribution in [1.29, 1.82) is 0 Å². The van der Waals surface area contributed by atoms with E-state index in [1.165, 1.54) is 17.7 Å². The SMILES string of the molecule is CC1(c2ccc(F)cc2)OCc2cc(Br)ccc21. The van der Waals surface area contributed by atoms with Crippen LogP contribution in [0.25, 0.3) is 0 Å². The summed E-state index contributed by atoms with van der Waals surface area (Å²) in [7, 11) is 0. The molecule has 0 N–H and O–H groups in total. The first kappa shape index (κ1) is 11.9. The van der Waals surface area contributed by atoms with E-state index in [0.29, 0.717) is 6.61 Å². The lowest BCUT2D eigenvalue weighted by Gasteiger charge is -2.25. The van der Waals surface area contributed by atoms with E-state index in [4.69, 9.17) is 4.74 Å². The van der Waals surface area contributed by atoms with Gasteiger partial charge in [0.25, 0.3) is 0 Å². The zero-order valence-corrected chi connectivity index (χ0v) is 11.5. The van der Waals surface area contributed by atoms with Crippen molar-refractivity contribution >= 4 is 15.9 Å². The highest BCUT2D eigenvalue weighted by molar-refractivity contribution is 9.10. The summed E-state index contributed by atoms with van der Waals surface area (Å²) in [5.41, 5.74) is 2.82. The number of rotatable bonds is 1. The maximum absolute atomic E-state index is 13.0. The molecule has 0 aromatic heterocycles. The molecule has 3 heteroatoms. The highest BCUT2D eigenvalue weighted by atomic mass is 79.9. The summed E-state index contributed by atoms with van der Waals surface area (Å²) in [6.45, 7) is 2.61. The van der Waals surface area contributed by atoms with Crippen molar-refractivity contribution in [3.05, 3.63) is 69.4 Å². The molecule has 0 bridgehead atoms. The van der Waals surface area contributed by atoms with Crippen molar-refractivity contribution in [1.82, 2.24) is 0 Å². The predicted molar refractivity (Wildman–Crippen MR) is 71.8 cm³/mol. The monoisotopic (exact) mass is 306 g/mol. The lowest BCUT2D eigenvalue weighted by atomic mass is 9.87. The van der Waals surface area contributed by atoms with Crippen LogP contribution in [-0.4, -0.2) is 0 Å². The second-order valence-corrected chi connectivity index (χ2v) is 5.55. The summed E-state index contributed by atoms with van der Waals surface area (Å²) in [6.07, 6.45) is 0. The molecule has 1 nitrogen and oxygen atoms in total. The van der Waals surface area contributed by atoms with Crippen LogP contribution in [0.4, 0.5) is 4.39 Å². The molecule has 1 aliphatic rings. The maximum atomic E-state index is 13.0. The fourth-order valence-corrected chi connectivity index (χ4v) is 2.86. The summed E-state index contributed by atoms with van der Waals surface area (Å²) in [5, 5.41) is 0. The van der Waals surface area contributed by atoms with E-state index in [1.54, 1.807) is 12.1 Å². The number of halogens is 2. The quantitative estimate of drug-likeness (QED) is 0.759. The average Bonchev–Trinajstić information content (AvgIpc) is 2.68. The lowest BCUT2D eigenvalue weighted by Crippen LogP contribution is -2.22. The predicted octanol–water partition coefficient (Wildman–Crippen LogP) is 4.38. The average molecular weight is 307 g/mol. The summed E-state index contributed by atoms with van der Waals surface area (Å²) in [4.78, 5) is 0. The fraction of sp³-hybridized carbons (Fsp3) is 0.200. The van der Waals surface area contributed by atoms with Gasteiger partial charge in [0.05, 0.1) is 6.61 Å². The molecule has 1 atom stereocenters. The van der Waals surface area contributed by atoms with Crippen molar-refractivity contribution in [2.24, 2.45) is 0 Å². The minimum atomic E-state index is -0.482. The van der Waals surface area contributed by atoms with Crippen molar-refractivity contribution in [3.8, 4) is 0 Å². The number of benzene rings is 2. The van der Waals surface area contributed by atoms with Crippen LogP contribution in [0, 0.1) is 5.82 Å². The Morgan fingerprint density at radius 3 is 2.61 bits per heavy atom. The number of hydrogen-bond donors (Lipinski definition) is 0. The molecule has 1 aliphatic heterocycles. The van der Waals surface area contributed by atoms with E-state index in [9.17, 15) is 4.39 Å². The molecule has 0 fully saturated rings. The first-order valence-corrected chi connectivity index (χ1v) is 6.58. The minimum Gasteiger partial charge on any atom is -0.361 e. The summed E-state index contributed by atoms with van der Waals surface area (Å²) >= 11 is 3.46. The molecule has 0 saturated carbocycles. The molecular weight excluding hydrogens is 295 g/mol. The second kappa shape index (κ2) is 4.18. The van der Waals surface area contributed by atoms with Gasteiger partial charge in [-0.3, -0.25) is 0 Å². The van der Waals surface area contributed by atoms with Crippen LogP contribution in [0.3, 0.4) is 0 Å². The number of fused-ring (bicyclic) bond motifs is 1. The molecule has 3 rings (SSSR count). The normalized spacial score (nSPS) is 21.9. The Bertz CT molecular complexity index is 594. The van der Waals surface area contributed by atoms with Crippen LogP contribution < -0.4 is 0 Å². The standard InChI is InChI=1S/C15H12BrFO/c1-15(11-2-5-13(17)6-3-11)14-7-4-12(16)8-10(14)9-18-15/h2-8H,9H2,1H3. The fourth-order valence-electron chi connectivity index (χ4n) is 2.45. The Labute approximate surface area is 114 Å². The van der Waals surface area contributed by atoms with Gasteiger partial charge in [0, 0.05) is 4.47 Å². The number of hydrogen-bond acceptors (Lipinski definition) is 1. The first-order chi connectivity index (χ1) is 8.59. The van der Waals surface area contributed by atoms with E-state index in [1.807, 2.05) is 13.0 Å². The van der Waals surface area contributed by atoms with Crippen LogP contribution in [0.5, 0.6) is 0 Å². The van der Waals surface area contributed by atoms with E-state index < -0.39 is 5.60 Å². The van der Waals surface area contributed by atoms with Crippen LogP contribution in [0.15, 0.2) is 46.9 Å².